The predicted octanol–water partition coefficient (Wildman–Crippen LogP) is 0.983. The molecule has 0 aromatic rings. The number of nitrogens with zero attached hydrogens (tertiary/aromatic N) is 3. The summed E-state index contributed by atoms with van der Waals surface area (Å²) >= 11 is 0. The van der Waals surface area contributed by atoms with Crippen molar-refractivity contribution in [3.63, 3.8) is 0 Å². The Morgan fingerprint density at radius 3 is 2.47 bits per heavy atom. The largest absolute Gasteiger partial charge is 0.378 e. The van der Waals surface area contributed by atoms with Crippen LogP contribution in [0.15, 0.2) is 4.99 Å². The van der Waals surface area contributed by atoms with E-state index in [0.717, 1.165) is 39.4 Å². The zero-order valence-electron chi connectivity index (χ0n) is 11.9. The maximum atomic E-state index is 6.01. The highest BCUT2D eigenvalue weighted by atomic mass is 127. The van der Waals surface area contributed by atoms with Crippen LogP contribution < -0.4 is 5.73 Å². The van der Waals surface area contributed by atoms with Crippen LogP contribution in [-0.4, -0.2) is 68.2 Å². The van der Waals surface area contributed by atoms with Crippen molar-refractivity contribution < 1.29 is 4.74 Å². The van der Waals surface area contributed by atoms with Gasteiger partial charge in [0.15, 0.2) is 5.96 Å². The summed E-state index contributed by atoms with van der Waals surface area (Å²) in [4.78, 5) is 9.18. The second-order valence-corrected chi connectivity index (χ2v) is 5.41. The molecule has 0 aromatic heterocycles. The highest BCUT2D eigenvalue weighted by Crippen LogP contribution is 2.10. The van der Waals surface area contributed by atoms with E-state index in [0.29, 0.717) is 11.9 Å². The molecule has 2 saturated heterocycles. The summed E-state index contributed by atoms with van der Waals surface area (Å²) in [5.41, 5.74) is 6.01. The fourth-order valence-corrected chi connectivity index (χ4v) is 2.61. The molecule has 0 spiro atoms. The highest BCUT2D eigenvalue weighted by Gasteiger charge is 2.15. The first-order valence-corrected chi connectivity index (χ1v) is 7.10. The molecule has 0 bridgehead atoms. The molecule has 2 N–H and O–H groups in total. The Kier molecular flexibility index (Phi) is 8.01. The summed E-state index contributed by atoms with van der Waals surface area (Å²) in [6.07, 6.45) is 2.71. The molecule has 2 fully saturated rings. The molecule has 0 saturated carbocycles. The SMILES string of the molecule is CC(CN=C(N)N1CCOCC1)CN1CCCC1.I. The van der Waals surface area contributed by atoms with E-state index in [1.165, 1.54) is 25.9 Å². The number of likely N-dealkylation sites (tertiary alicyclic amines) is 1. The Labute approximate surface area is 133 Å². The molecule has 0 amide bonds. The van der Waals surface area contributed by atoms with Crippen molar-refractivity contribution in [2.45, 2.75) is 19.8 Å². The zero-order valence-corrected chi connectivity index (χ0v) is 14.2. The number of halogens is 1. The average Bonchev–Trinajstić information content (AvgIpc) is 2.90. The molecule has 5 nitrogen and oxygen atoms in total. The van der Waals surface area contributed by atoms with Gasteiger partial charge in [-0.15, -0.1) is 24.0 Å². The molecule has 1 unspecified atom stereocenters. The van der Waals surface area contributed by atoms with Crippen molar-refractivity contribution in [3.05, 3.63) is 0 Å². The summed E-state index contributed by atoms with van der Waals surface area (Å²) in [5, 5.41) is 0. The minimum Gasteiger partial charge on any atom is -0.378 e. The monoisotopic (exact) mass is 382 g/mol. The van der Waals surface area contributed by atoms with Crippen LogP contribution in [0.2, 0.25) is 0 Å². The van der Waals surface area contributed by atoms with E-state index < -0.39 is 0 Å². The van der Waals surface area contributed by atoms with Crippen molar-refractivity contribution in [2.24, 2.45) is 16.6 Å². The quantitative estimate of drug-likeness (QED) is 0.448. The van der Waals surface area contributed by atoms with Crippen LogP contribution in [0.5, 0.6) is 0 Å². The Morgan fingerprint density at radius 1 is 1.21 bits per heavy atom. The lowest BCUT2D eigenvalue weighted by atomic mass is 10.2. The van der Waals surface area contributed by atoms with E-state index in [-0.39, 0.29) is 24.0 Å². The number of morpholine rings is 1. The van der Waals surface area contributed by atoms with Gasteiger partial charge in [-0.3, -0.25) is 4.99 Å². The Morgan fingerprint density at radius 2 is 1.84 bits per heavy atom. The van der Waals surface area contributed by atoms with E-state index >= 15 is 0 Å². The van der Waals surface area contributed by atoms with Crippen LogP contribution in [0.1, 0.15) is 19.8 Å². The molecular weight excluding hydrogens is 355 g/mol. The topological polar surface area (TPSA) is 54.1 Å². The predicted molar refractivity (Wildman–Crippen MR) is 89.1 cm³/mol. The third-order valence-electron chi connectivity index (χ3n) is 3.67. The van der Waals surface area contributed by atoms with Gasteiger partial charge in [0, 0.05) is 26.2 Å². The van der Waals surface area contributed by atoms with Gasteiger partial charge in [-0.25, -0.2) is 0 Å². The van der Waals surface area contributed by atoms with Crippen molar-refractivity contribution in [2.75, 3.05) is 52.5 Å². The average molecular weight is 382 g/mol. The van der Waals surface area contributed by atoms with E-state index in [1.54, 1.807) is 0 Å². The van der Waals surface area contributed by atoms with Crippen molar-refractivity contribution in [3.8, 4) is 0 Å². The number of guanidine groups is 1. The van der Waals surface area contributed by atoms with Crippen LogP contribution in [0.3, 0.4) is 0 Å². The third-order valence-corrected chi connectivity index (χ3v) is 3.67. The maximum absolute atomic E-state index is 6.01. The fourth-order valence-electron chi connectivity index (χ4n) is 2.61. The van der Waals surface area contributed by atoms with Gasteiger partial charge in [-0.2, -0.15) is 0 Å². The first kappa shape index (κ1) is 17.0. The van der Waals surface area contributed by atoms with E-state index in [9.17, 15) is 0 Å². The van der Waals surface area contributed by atoms with Crippen LogP contribution in [0.4, 0.5) is 0 Å². The first-order valence-electron chi connectivity index (χ1n) is 7.10. The highest BCUT2D eigenvalue weighted by molar-refractivity contribution is 14.0. The third kappa shape index (κ3) is 5.83. The number of aliphatic imine (C=N–C) groups is 1. The lowest BCUT2D eigenvalue weighted by molar-refractivity contribution is 0.0674. The van der Waals surface area contributed by atoms with Gasteiger partial charge in [0.05, 0.1) is 13.2 Å². The van der Waals surface area contributed by atoms with Crippen molar-refractivity contribution >= 4 is 29.9 Å². The number of rotatable bonds is 4. The summed E-state index contributed by atoms with van der Waals surface area (Å²) in [5.74, 6) is 1.27. The molecule has 0 aromatic carbocycles. The Balaban J connectivity index is 0.00000180. The van der Waals surface area contributed by atoms with Crippen LogP contribution in [-0.2, 0) is 4.74 Å². The lowest BCUT2D eigenvalue weighted by Gasteiger charge is -2.28. The smallest absolute Gasteiger partial charge is 0.191 e. The number of ether oxygens (including phenoxy) is 1. The van der Waals surface area contributed by atoms with Crippen molar-refractivity contribution in [1.82, 2.24) is 9.80 Å². The maximum Gasteiger partial charge on any atom is 0.191 e. The van der Waals surface area contributed by atoms with Gasteiger partial charge in [0.25, 0.3) is 0 Å². The zero-order chi connectivity index (χ0) is 12.8. The summed E-state index contributed by atoms with van der Waals surface area (Å²) < 4.78 is 5.31. The molecule has 6 heteroatoms. The standard InChI is InChI=1S/C13H26N4O.HI/c1-12(11-16-4-2-3-5-16)10-15-13(14)17-6-8-18-9-7-17;/h12H,2-11H2,1H3,(H2,14,15);1H. The van der Waals surface area contributed by atoms with Gasteiger partial charge in [0.2, 0.25) is 0 Å². The first-order chi connectivity index (χ1) is 8.75. The molecule has 112 valence electrons. The number of hydrogen-bond acceptors (Lipinski definition) is 3. The molecule has 1 atom stereocenters. The molecule has 2 aliphatic rings. The van der Waals surface area contributed by atoms with Crippen LogP contribution in [0.25, 0.3) is 0 Å². The summed E-state index contributed by atoms with van der Waals surface area (Å²) in [7, 11) is 0. The minimum atomic E-state index is 0. The molecule has 2 aliphatic heterocycles. The molecule has 2 rings (SSSR count). The molecule has 2 heterocycles. The second kappa shape index (κ2) is 8.97. The minimum absolute atomic E-state index is 0. The Bertz CT molecular complexity index is 276. The Hall–Kier alpha value is -0.0800. The van der Waals surface area contributed by atoms with E-state index in [2.05, 4.69) is 21.7 Å². The number of hydrogen-bond donors (Lipinski definition) is 1. The van der Waals surface area contributed by atoms with Crippen molar-refractivity contribution in [1.29, 1.82) is 0 Å². The molecule has 19 heavy (non-hydrogen) atoms. The van der Waals surface area contributed by atoms with Crippen LogP contribution in [0, 0.1) is 5.92 Å². The van der Waals surface area contributed by atoms with Gasteiger partial charge < -0.3 is 20.3 Å². The molecular formula is C13H27IN4O. The molecule has 0 radical (unpaired) electrons. The van der Waals surface area contributed by atoms with Gasteiger partial charge in [0.1, 0.15) is 0 Å². The normalized spacial score (nSPS) is 23.2. The van der Waals surface area contributed by atoms with Gasteiger partial charge in [-0.1, -0.05) is 6.92 Å². The number of nitrogens with two attached hydrogens (primary N) is 1. The van der Waals surface area contributed by atoms with Crippen LogP contribution >= 0.6 is 24.0 Å². The van der Waals surface area contributed by atoms with Gasteiger partial charge >= 0.3 is 0 Å². The lowest BCUT2D eigenvalue weighted by Crippen LogP contribution is -2.45. The second-order valence-electron chi connectivity index (χ2n) is 5.41. The van der Waals surface area contributed by atoms with E-state index in [4.69, 9.17) is 10.5 Å². The summed E-state index contributed by atoms with van der Waals surface area (Å²) in [6, 6.07) is 0. The van der Waals surface area contributed by atoms with Gasteiger partial charge in [-0.05, 0) is 31.8 Å². The summed E-state index contributed by atoms with van der Waals surface area (Å²) in [6.45, 7) is 10.0. The molecule has 0 aliphatic carbocycles. The fraction of sp³-hybridized carbons (Fsp3) is 0.923. The van der Waals surface area contributed by atoms with E-state index in [1.807, 2.05) is 0 Å².